The summed E-state index contributed by atoms with van der Waals surface area (Å²) in [6.07, 6.45) is 1.89. The average Bonchev–Trinajstić information content (AvgIpc) is 2.73. The summed E-state index contributed by atoms with van der Waals surface area (Å²) >= 11 is 0. The van der Waals surface area contributed by atoms with E-state index in [-0.39, 0.29) is 28.4 Å². The third-order valence-corrected chi connectivity index (χ3v) is 5.20. The molecule has 1 aliphatic rings. The lowest BCUT2D eigenvalue weighted by Gasteiger charge is -2.31. The predicted octanol–water partition coefficient (Wildman–Crippen LogP) is 4.69. The van der Waals surface area contributed by atoms with Crippen LogP contribution in [-0.2, 0) is 0 Å². The van der Waals surface area contributed by atoms with Crippen LogP contribution < -0.4 is 19.7 Å². The molecule has 2 aromatic rings. The van der Waals surface area contributed by atoms with E-state index in [1.807, 2.05) is 4.90 Å². The number of carbonyl (C=O) groups excluding carboxylic acids is 1. The SMILES string of the molecule is COc1ccc(NC(=O)c2ccc(N3CCC(C)CC3)c([N+](=O)[O-])c2)cc1OC(F)F. The number of hydrogen-bond donors (Lipinski definition) is 1. The topological polar surface area (TPSA) is 93.9 Å². The standard InChI is InChI=1S/C21H23F2N3O5/c1-13-7-9-25(10-8-13)16-5-3-14(11-17(16)26(28)29)20(27)24-15-4-6-18(30-2)19(12-15)31-21(22)23/h3-6,11-13,21H,7-10H2,1-2H3,(H,24,27). The first-order chi connectivity index (χ1) is 14.8. The number of halogens is 2. The molecular weight excluding hydrogens is 412 g/mol. The van der Waals surface area contributed by atoms with Crippen molar-refractivity contribution >= 4 is 23.0 Å². The van der Waals surface area contributed by atoms with E-state index in [9.17, 15) is 23.7 Å². The first-order valence-electron chi connectivity index (χ1n) is 9.76. The van der Waals surface area contributed by atoms with Crippen LogP contribution in [0.2, 0.25) is 0 Å². The van der Waals surface area contributed by atoms with Crippen molar-refractivity contribution < 1.29 is 28.0 Å². The maximum Gasteiger partial charge on any atom is 0.387 e. The average molecular weight is 435 g/mol. The van der Waals surface area contributed by atoms with E-state index in [1.54, 1.807) is 6.07 Å². The smallest absolute Gasteiger partial charge is 0.387 e. The Morgan fingerprint density at radius 2 is 1.90 bits per heavy atom. The molecule has 3 rings (SSSR count). The Morgan fingerprint density at radius 3 is 2.52 bits per heavy atom. The Hall–Kier alpha value is -3.43. The second-order valence-corrected chi connectivity index (χ2v) is 7.33. The Morgan fingerprint density at radius 1 is 1.19 bits per heavy atom. The molecule has 0 unspecified atom stereocenters. The summed E-state index contributed by atoms with van der Waals surface area (Å²) in [6.45, 7) is 0.516. The molecule has 0 bridgehead atoms. The largest absolute Gasteiger partial charge is 0.493 e. The van der Waals surface area contributed by atoms with Gasteiger partial charge in [-0.2, -0.15) is 8.78 Å². The summed E-state index contributed by atoms with van der Waals surface area (Å²) in [4.78, 5) is 25.7. The fraction of sp³-hybridized carbons (Fsp3) is 0.381. The molecule has 0 aromatic heterocycles. The van der Waals surface area contributed by atoms with Crippen molar-refractivity contribution in [3.8, 4) is 11.5 Å². The van der Waals surface area contributed by atoms with Gasteiger partial charge in [0.15, 0.2) is 11.5 Å². The van der Waals surface area contributed by atoms with E-state index >= 15 is 0 Å². The number of nitro groups is 1. The third-order valence-electron chi connectivity index (χ3n) is 5.20. The van der Waals surface area contributed by atoms with Gasteiger partial charge in [-0.15, -0.1) is 0 Å². The van der Waals surface area contributed by atoms with Gasteiger partial charge in [0.1, 0.15) is 5.69 Å². The zero-order valence-electron chi connectivity index (χ0n) is 17.1. The highest BCUT2D eigenvalue weighted by molar-refractivity contribution is 6.05. The van der Waals surface area contributed by atoms with Gasteiger partial charge in [0.05, 0.1) is 12.0 Å². The predicted molar refractivity (Wildman–Crippen MR) is 111 cm³/mol. The minimum atomic E-state index is -3.06. The number of rotatable bonds is 7. The van der Waals surface area contributed by atoms with Gasteiger partial charge in [0, 0.05) is 36.5 Å². The molecule has 1 aliphatic heterocycles. The minimum absolute atomic E-state index is 0.0768. The van der Waals surface area contributed by atoms with Crippen LogP contribution in [0.15, 0.2) is 36.4 Å². The number of carbonyl (C=O) groups is 1. The summed E-state index contributed by atoms with van der Waals surface area (Å²) in [5.41, 5.74) is 0.579. The molecule has 1 saturated heterocycles. The monoisotopic (exact) mass is 435 g/mol. The molecule has 10 heteroatoms. The molecule has 0 atom stereocenters. The molecule has 0 saturated carbocycles. The summed E-state index contributed by atoms with van der Waals surface area (Å²) in [5, 5.41) is 14.2. The number of nitrogens with one attached hydrogen (secondary N) is 1. The van der Waals surface area contributed by atoms with Crippen LogP contribution in [0.3, 0.4) is 0 Å². The molecule has 1 N–H and O–H groups in total. The molecule has 0 aliphatic carbocycles. The second kappa shape index (κ2) is 9.59. The fourth-order valence-corrected chi connectivity index (χ4v) is 3.47. The number of hydrogen-bond acceptors (Lipinski definition) is 6. The Labute approximate surface area is 177 Å². The molecule has 2 aromatic carbocycles. The summed E-state index contributed by atoms with van der Waals surface area (Å²) in [5.74, 6) is -0.205. The zero-order chi connectivity index (χ0) is 22.5. The molecule has 31 heavy (non-hydrogen) atoms. The van der Waals surface area contributed by atoms with Gasteiger partial charge < -0.3 is 19.7 Å². The number of nitro benzene ring substituents is 1. The van der Waals surface area contributed by atoms with Crippen molar-refractivity contribution in [3.05, 3.63) is 52.1 Å². The zero-order valence-corrected chi connectivity index (χ0v) is 17.1. The highest BCUT2D eigenvalue weighted by Gasteiger charge is 2.25. The van der Waals surface area contributed by atoms with Gasteiger partial charge >= 0.3 is 6.61 Å². The highest BCUT2D eigenvalue weighted by Crippen LogP contribution is 2.34. The van der Waals surface area contributed by atoms with Crippen LogP contribution in [0.4, 0.5) is 25.8 Å². The summed E-state index contributed by atoms with van der Waals surface area (Å²) in [6, 6.07) is 8.32. The van der Waals surface area contributed by atoms with Crippen molar-refractivity contribution in [3.63, 3.8) is 0 Å². The molecule has 8 nitrogen and oxygen atoms in total. The molecule has 1 fully saturated rings. The second-order valence-electron chi connectivity index (χ2n) is 7.33. The van der Waals surface area contributed by atoms with Crippen molar-refractivity contribution in [2.45, 2.75) is 26.4 Å². The number of methoxy groups -OCH3 is 1. The fourth-order valence-electron chi connectivity index (χ4n) is 3.47. The third kappa shape index (κ3) is 5.39. The summed E-state index contributed by atoms with van der Waals surface area (Å²) < 4.78 is 34.6. The number of alkyl halides is 2. The van der Waals surface area contributed by atoms with Crippen LogP contribution in [0.1, 0.15) is 30.1 Å². The number of amides is 1. The van der Waals surface area contributed by atoms with Gasteiger partial charge in [-0.1, -0.05) is 6.92 Å². The number of anilines is 2. The van der Waals surface area contributed by atoms with Crippen LogP contribution in [0.5, 0.6) is 11.5 Å². The molecule has 0 radical (unpaired) electrons. The van der Waals surface area contributed by atoms with Crippen LogP contribution >= 0.6 is 0 Å². The molecule has 0 spiro atoms. The Balaban J connectivity index is 1.82. The minimum Gasteiger partial charge on any atom is -0.493 e. The highest BCUT2D eigenvalue weighted by atomic mass is 19.3. The van der Waals surface area contributed by atoms with Crippen molar-refractivity contribution in [1.82, 2.24) is 0 Å². The molecule has 1 heterocycles. The van der Waals surface area contributed by atoms with Gasteiger partial charge in [0.2, 0.25) is 0 Å². The van der Waals surface area contributed by atoms with E-state index in [2.05, 4.69) is 17.0 Å². The van der Waals surface area contributed by atoms with Crippen LogP contribution in [-0.4, -0.2) is 37.6 Å². The van der Waals surface area contributed by atoms with Crippen LogP contribution in [0.25, 0.3) is 0 Å². The number of ether oxygens (including phenoxy) is 2. The van der Waals surface area contributed by atoms with Crippen molar-refractivity contribution in [2.75, 3.05) is 30.4 Å². The molecule has 1 amide bonds. The van der Waals surface area contributed by atoms with Gasteiger partial charge in [-0.3, -0.25) is 14.9 Å². The Kier molecular flexibility index (Phi) is 6.88. The van der Waals surface area contributed by atoms with Crippen LogP contribution in [0, 0.1) is 16.0 Å². The quantitative estimate of drug-likeness (QED) is 0.501. The normalized spacial score (nSPS) is 14.4. The maximum absolute atomic E-state index is 12.6. The van der Waals surface area contributed by atoms with E-state index in [0.29, 0.717) is 24.7 Å². The first kappa shape index (κ1) is 22.3. The molecular formula is C21H23F2N3O5. The van der Waals surface area contributed by atoms with Gasteiger partial charge in [-0.25, -0.2) is 0 Å². The lowest BCUT2D eigenvalue weighted by molar-refractivity contribution is -0.384. The van der Waals surface area contributed by atoms with E-state index < -0.39 is 17.4 Å². The van der Waals surface area contributed by atoms with Crippen molar-refractivity contribution in [1.29, 1.82) is 0 Å². The van der Waals surface area contributed by atoms with Gasteiger partial charge in [0.25, 0.3) is 11.6 Å². The lowest BCUT2D eigenvalue weighted by atomic mass is 9.98. The van der Waals surface area contributed by atoms with E-state index in [1.165, 1.54) is 37.4 Å². The number of nitrogens with zero attached hydrogens (tertiary/aromatic N) is 2. The number of piperidine rings is 1. The van der Waals surface area contributed by atoms with Crippen molar-refractivity contribution in [2.24, 2.45) is 5.92 Å². The summed E-state index contributed by atoms with van der Waals surface area (Å²) in [7, 11) is 1.30. The maximum atomic E-state index is 12.6. The van der Waals surface area contributed by atoms with Gasteiger partial charge in [-0.05, 0) is 43.0 Å². The lowest BCUT2D eigenvalue weighted by Crippen LogP contribution is -2.33. The first-order valence-corrected chi connectivity index (χ1v) is 9.76. The Bertz CT molecular complexity index is 962. The van der Waals surface area contributed by atoms with E-state index in [4.69, 9.17) is 4.74 Å². The number of benzene rings is 2. The van der Waals surface area contributed by atoms with E-state index in [0.717, 1.165) is 12.8 Å². The molecule has 166 valence electrons.